The Kier molecular flexibility index (Phi) is 2.97. The molecule has 1 aromatic carbocycles. The molecule has 86 valence electrons. The molecule has 0 atom stereocenters. The summed E-state index contributed by atoms with van der Waals surface area (Å²) in [5.41, 5.74) is 7.37. The number of oxazole rings is 1. The van der Waals surface area contributed by atoms with Crippen LogP contribution in [0.2, 0.25) is 0 Å². The molecular weight excluding hydrogens is 216 g/mol. The van der Waals surface area contributed by atoms with Gasteiger partial charge in [-0.3, -0.25) is 0 Å². The molecule has 1 heterocycles. The van der Waals surface area contributed by atoms with Gasteiger partial charge in [-0.2, -0.15) is 5.26 Å². The zero-order chi connectivity index (χ0) is 12.3. The molecule has 0 radical (unpaired) electrons. The first-order valence-electron chi connectivity index (χ1n) is 5.14. The van der Waals surface area contributed by atoms with Gasteiger partial charge in [0.2, 0.25) is 5.89 Å². The van der Waals surface area contributed by atoms with Crippen LogP contribution in [0.1, 0.15) is 17.2 Å². The fraction of sp³-hybridized carbons (Fsp3) is 0.167. The number of aryl methyl sites for hydroxylation is 1. The van der Waals surface area contributed by atoms with Crippen molar-refractivity contribution in [3.8, 4) is 6.07 Å². The molecule has 0 saturated carbocycles. The third-order valence-electron chi connectivity index (χ3n) is 2.29. The molecule has 2 aromatic rings. The average molecular weight is 228 g/mol. The van der Waals surface area contributed by atoms with E-state index in [9.17, 15) is 0 Å². The van der Waals surface area contributed by atoms with E-state index in [-0.39, 0.29) is 0 Å². The predicted molar refractivity (Wildman–Crippen MR) is 64.1 cm³/mol. The number of anilines is 2. The topological polar surface area (TPSA) is 87.9 Å². The SMILES string of the molecule is Cc1cnc(CNc2ccc(N)c(C#N)c2)o1. The van der Waals surface area contributed by atoms with Crippen molar-refractivity contribution in [1.82, 2.24) is 4.98 Å². The third kappa shape index (κ3) is 2.55. The van der Waals surface area contributed by atoms with E-state index in [2.05, 4.69) is 10.3 Å². The number of benzene rings is 1. The lowest BCUT2D eigenvalue weighted by Gasteiger charge is -2.05. The van der Waals surface area contributed by atoms with Crippen LogP contribution in [-0.2, 0) is 6.54 Å². The molecule has 0 aliphatic rings. The van der Waals surface area contributed by atoms with Gasteiger partial charge in [-0.15, -0.1) is 0 Å². The molecule has 0 amide bonds. The van der Waals surface area contributed by atoms with E-state index >= 15 is 0 Å². The standard InChI is InChI=1S/C12H12N4O/c1-8-6-16-12(17-8)7-15-10-2-3-11(14)9(4-10)5-13/h2-4,6,15H,7,14H2,1H3. The largest absolute Gasteiger partial charge is 0.444 e. The molecule has 0 aliphatic carbocycles. The summed E-state index contributed by atoms with van der Waals surface area (Å²) in [6.07, 6.45) is 1.67. The van der Waals surface area contributed by atoms with Crippen LogP contribution in [0.25, 0.3) is 0 Å². The number of nitrogens with zero attached hydrogens (tertiary/aromatic N) is 2. The Morgan fingerprint density at radius 3 is 3.00 bits per heavy atom. The van der Waals surface area contributed by atoms with Gasteiger partial charge in [-0.25, -0.2) is 4.98 Å². The van der Waals surface area contributed by atoms with Gasteiger partial charge >= 0.3 is 0 Å². The molecule has 3 N–H and O–H groups in total. The zero-order valence-corrected chi connectivity index (χ0v) is 9.40. The summed E-state index contributed by atoms with van der Waals surface area (Å²) in [5, 5.41) is 12.0. The Balaban J connectivity index is 2.07. The lowest BCUT2D eigenvalue weighted by atomic mass is 10.2. The molecule has 1 aromatic heterocycles. The highest BCUT2D eigenvalue weighted by Gasteiger charge is 2.02. The Labute approximate surface area is 98.9 Å². The fourth-order valence-electron chi connectivity index (χ4n) is 1.42. The van der Waals surface area contributed by atoms with Gasteiger partial charge in [0.05, 0.1) is 18.3 Å². The minimum absolute atomic E-state index is 0.457. The van der Waals surface area contributed by atoms with E-state index < -0.39 is 0 Å². The average Bonchev–Trinajstić information content (AvgIpc) is 2.74. The Morgan fingerprint density at radius 1 is 1.53 bits per heavy atom. The number of hydrogen-bond acceptors (Lipinski definition) is 5. The Hall–Kier alpha value is -2.48. The maximum atomic E-state index is 8.84. The summed E-state index contributed by atoms with van der Waals surface area (Å²) >= 11 is 0. The van der Waals surface area contributed by atoms with Crippen molar-refractivity contribution in [1.29, 1.82) is 5.26 Å². The summed E-state index contributed by atoms with van der Waals surface area (Å²) in [4.78, 5) is 4.07. The van der Waals surface area contributed by atoms with Gasteiger partial charge in [-0.1, -0.05) is 0 Å². The van der Waals surface area contributed by atoms with Crippen LogP contribution in [-0.4, -0.2) is 4.98 Å². The summed E-state index contributed by atoms with van der Waals surface area (Å²) in [6, 6.07) is 7.24. The highest BCUT2D eigenvalue weighted by atomic mass is 16.4. The Morgan fingerprint density at radius 2 is 2.35 bits per heavy atom. The second kappa shape index (κ2) is 4.58. The van der Waals surface area contributed by atoms with Crippen LogP contribution in [0.4, 0.5) is 11.4 Å². The van der Waals surface area contributed by atoms with Gasteiger partial charge in [0.25, 0.3) is 0 Å². The first-order chi connectivity index (χ1) is 8.19. The number of nitrogens with two attached hydrogens (primary N) is 1. The van der Waals surface area contributed by atoms with Crippen LogP contribution in [0.3, 0.4) is 0 Å². The van der Waals surface area contributed by atoms with Crippen molar-refractivity contribution in [2.75, 3.05) is 11.1 Å². The third-order valence-corrected chi connectivity index (χ3v) is 2.29. The number of nitrogens with one attached hydrogen (secondary N) is 1. The van der Waals surface area contributed by atoms with Crippen LogP contribution >= 0.6 is 0 Å². The minimum atomic E-state index is 0.457. The molecule has 0 fully saturated rings. The molecule has 2 rings (SSSR count). The lowest BCUT2D eigenvalue weighted by molar-refractivity contribution is 0.479. The maximum absolute atomic E-state index is 8.84. The first-order valence-corrected chi connectivity index (χ1v) is 5.14. The van der Waals surface area contributed by atoms with Crippen LogP contribution in [0.5, 0.6) is 0 Å². The van der Waals surface area contributed by atoms with E-state index in [1.165, 1.54) is 0 Å². The summed E-state index contributed by atoms with van der Waals surface area (Å²) in [5.74, 6) is 1.38. The lowest BCUT2D eigenvalue weighted by Crippen LogP contribution is -2.00. The van der Waals surface area contributed by atoms with E-state index in [0.717, 1.165) is 11.4 Å². The van der Waals surface area contributed by atoms with Gasteiger partial charge in [0, 0.05) is 11.4 Å². The second-order valence-corrected chi connectivity index (χ2v) is 3.63. The van der Waals surface area contributed by atoms with Crippen molar-refractivity contribution < 1.29 is 4.42 Å². The van der Waals surface area contributed by atoms with Crippen LogP contribution in [0.15, 0.2) is 28.8 Å². The van der Waals surface area contributed by atoms with Crippen molar-refractivity contribution in [2.24, 2.45) is 0 Å². The van der Waals surface area contributed by atoms with Crippen molar-refractivity contribution in [2.45, 2.75) is 13.5 Å². The molecule has 0 spiro atoms. The Bertz CT molecular complexity index is 568. The molecule has 0 aliphatic heterocycles. The van der Waals surface area contributed by atoms with E-state index in [4.69, 9.17) is 15.4 Å². The van der Waals surface area contributed by atoms with Gasteiger partial charge in [0.15, 0.2) is 0 Å². The summed E-state index contributed by atoms with van der Waals surface area (Å²) in [6.45, 7) is 2.32. The normalized spacial score (nSPS) is 9.88. The van der Waals surface area contributed by atoms with Crippen LogP contribution < -0.4 is 11.1 Å². The summed E-state index contributed by atoms with van der Waals surface area (Å²) < 4.78 is 5.32. The van der Waals surface area contributed by atoms with E-state index in [1.807, 2.05) is 19.1 Å². The van der Waals surface area contributed by atoms with E-state index in [1.54, 1.807) is 18.3 Å². The quantitative estimate of drug-likeness (QED) is 0.785. The minimum Gasteiger partial charge on any atom is -0.444 e. The summed E-state index contributed by atoms with van der Waals surface area (Å²) in [7, 11) is 0. The highest BCUT2D eigenvalue weighted by molar-refractivity contribution is 5.61. The number of hydrogen-bond donors (Lipinski definition) is 2. The fourth-order valence-corrected chi connectivity index (χ4v) is 1.42. The number of nitrogen functional groups attached to an aromatic ring is 1. The van der Waals surface area contributed by atoms with Crippen molar-refractivity contribution in [3.05, 3.63) is 41.6 Å². The molecule has 17 heavy (non-hydrogen) atoms. The smallest absolute Gasteiger partial charge is 0.213 e. The molecule has 0 unspecified atom stereocenters. The van der Waals surface area contributed by atoms with Crippen molar-refractivity contribution >= 4 is 11.4 Å². The highest BCUT2D eigenvalue weighted by Crippen LogP contribution is 2.17. The first kappa shape index (κ1) is 11.0. The van der Waals surface area contributed by atoms with Gasteiger partial charge in [-0.05, 0) is 25.1 Å². The molecular formula is C12H12N4O. The molecule has 0 saturated heterocycles. The van der Waals surface area contributed by atoms with Gasteiger partial charge in [0.1, 0.15) is 11.8 Å². The number of nitriles is 1. The van der Waals surface area contributed by atoms with Crippen molar-refractivity contribution in [3.63, 3.8) is 0 Å². The monoisotopic (exact) mass is 228 g/mol. The number of aromatic nitrogens is 1. The van der Waals surface area contributed by atoms with Crippen LogP contribution in [0, 0.1) is 18.3 Å². The molecule has 0 bridgehead atoms. The van der Waals surface area contributed by atoms with E-state index in [0.29, 0.717) is 23.7 Å². The molecule has 5 heteroatoms. The van der Waals surface area contributed by atoms with Gasteiger partial charge < -0.3 is 15.5 Å². The predicted octanol–water partition coefficient (Wildman–Crippen LogP) is 2.05. The zero-order valence-electron chi connectivity index (χ0n) is 9.40. The number of rotatable bonds is 3. The maximum Gasteiger partial charge on any atom is 0.213 e. The molecule has 5 nitrogen and oxygen atoms in total. The second-order valence-electron chi connectivity index (χ2n) is 3.63.